The van der Waals surface area contributed by atoms with Crippen molar-refractivity contribution in [1.29, 1.82) is 0 Å². The lowest BCUT2D eigenvalue weighted by molar-refractivity contribution is -0.135. The molecule has 0 bridgehead atoms. The molecular formula is C30H30F2N6O4. The first-order valence-electron chi connectivity index (χ1n) is 13.8. The molecular weight excluding hydrogens is 546 g/mol. The minimum absolute atomic E-state index is 0.162. The fourth-order valence-electron chi connectivity index (χ4n) is 5.68. The van der Waals surface area contributed by atoms with Gasteiger partial charge in [0.25, 0.3) is 5.91 Å². The molecule has 4 heterocycles. The molecule has 12 heteroatoms. The average Bonchev–Trinajstić information content (AvgIpc) is 3.46. The van der Waals surface area contributed by atoms with Gasteiger partial charge in [0.1, 0.15) is 29.6 Å². The van der Waals surface area contributed by atoms with Crippen LogP contribution >= 0.6 is 0 Å². The Balaban J connectivity index is 1.18. The summed E-state index contributed by atoms with van der Waals surface area (Å²) < 4.78 is 35.7. The van der Waals surface area contributed by atoms with E-state index in [0.717, 1.165) is 30.5 Å². The Labute approximate surface area is 240 Å². The first-order chi connectivity index (χ1) is 20.4. The number of morpholine rings is 1. The van der Waals surface area contributed by atoms with Gasteiger partial charge in [-0.15, -0.1) is 0 Å². The number of hydrogen-bond donors (Lipinski definition) is 2. The smallest absolute Gasteiger partial charge is 0.261 e. The van der Waals surface area contributed by atoms with Gasteiger partial charge in [-0.1, -0.05) is 12.1 Å². The molecule has 1 atom stereocenters. The standard InChI is InChI=1S/C30H30F2N6O4/c31-21-3-6-25(32)23(15-21)26-18-42-14-13-37(26)27-9-12-38-29(35-27)24(16-33-38)30(41)34-22-4-1-19(2-5-22)20-7-10-36(11-8-20)28(40)17-39/h1-6,9,12,15-16,20,26,39H,7-8,10-11,13-14,17-18H2,(H,34,41). The number of aromatic nitrogens is 3. The monoisotopic (exact) mass is 576 g/mol. The molecule has 2 fully saturated rings. The van der Waals surface area contributed by atoms with Crippen molar-refractivity contribution in [2.24, 2.45) is 0 Å². The summed E-state index contributed by atoms with van der Waals surface area (Å²) in [4.78, 5) is 33.2. The highest BCUT2D eigenvalue weighted by atomic mass is 19.1. The summed E-state index contributed by atoms with van der Waals surface area (Å²) in [6.45, 7) is 1.70. The molecule has 0 aliphatic carbocycles. The molecule has 2 N–H and O–H groups in total. The van der Waals surface area contributed by atoms with Crippen molar-refractivity contribution in [2.75, 3.05) is 49.7 Å². The van der Waals surface area contributed by atoms with Crippen LogP contribution in [0, 0.1) is 11.6 Å². The van der Waals surface area contributed by atoms with Crippen LogP contribution in [0.1, 0.15) is 46.3 Å². The zero-order valence-electron chi connectivity index (χ0n) is 22.7. The van der Waals surface area contributed by atoms with Crippen molar-refractivity contribution in [1.82, 2.24) is 19.5 Å². The van der Waals surface area contributed by atoms with E-state index in [1.54, 1.807) is 17.2 Å². The van der Waals surface area contributed by atoms with E-state index in [2.05, 4.69) is 10.4 Å². The number of anilines is 2. The van der Waals surface area contributed by atoms with Crippen LogP contribution in [0.4, 0.5) is 20.3 Å². The number of amides is 2. The molecule has 2 amide bonds. The second kappa shape index (κ2) is 11.8. The Morgan fingerprint density at radius 2 is 1.83 bits per heavy atom. The van der Waals surface area contributed by atoms with Crippen LogP contribution in [-0.2, 0) is 9.53 Å². The summed E-state index contributed by atoms with van der Waals surface area (Å²) in [6.07, 6.45) is 4.74. The summed E-state index contributed by atoms with van der Waals surface area (Å²) in [7, 11) is 0. The zero-order valence-corrected chi connectivity index (χ0v) is 22.7. The molecule has 6 rings (SSSR count). The number of likely N-dealkylation sites (tertiary alicyclic amines) is 1. The predicted molar refractivity (Wildman–Crippen MR) is 150 cm³/mol. The number of ether oxygens (including phenoxy) is 1. The second-order valence-electron chi connectivity index (χ2n) is 10.5. The van der Waals surface area contributed by atoms with Crippen molar-refractivity contribution < 1.29 is 28.2 Å². The van der Waals surface area contributed by atoms with E-state index in [0.29, 0.717) is 49.3 Å². The molecule has 1 unspecified atom stereocenters. The first-order valence-corrected chi connectivity index (χ1v) is 13.8. The number of fused-ring (bicyclic) bond motifs is 1. The Bertz CT molecular complexity index is 1600. The Morgan fingerprint density at radius 1 is 1.05 bits per heavy atom. The van der Waals surface area contributed by atoms with Gasteiger partial charge in [0.05, 0.1) is 25.5 Å². The third-order valence-corrected chi connectivity index (χ3v) is 7.96. The van der Waals surface area contributed by atoms with Crippen molar-refractivity contribution >= 4 is 29.0 Å². The Kier molecular flexibility index (Phi) is 7.81. The predicted octanol–water partition coefficient (Wildman–Crippen LogP) is 3.54. The first kappa shape index (κ1) is 27.7. The van der Waals surface area contributed by atoms with Crippen LogP contribution in [0.25, 0.3) is 5.65 Å². The molecule has 218 valence electrons. The van der Waals surface area contributed by atoms with Crippen LogP contribution < -0.4 is 10.2 Å². The largest absolute Gasteiger partial charge is 0.387 e. The number of halogens is 2. The molecule has 2 aromatic heterocycles. The molecule has 0 saturated carbocycles. The topological polar surface area (TPSA) is 112 Å². The molecule has 42 heavy (non-hydrogen) atoms. The van der Waals surface area contributed by atoms with Crippen LogP contribution in [0.5, 0.6) is 0 Å². The van der Waals surface area contributed by atoms with Crippen molar-refractivity contribution in [3.05, 3.63) is 89.2 Å². The number of carbonyl (C=O) groups excluding carboxylic acids is 2. The van der Waals surface area contributed by atoms with Gasteiger partial charge in [0, 0.05) is 37.1 Å². The number of aliphatic hydroxyl groups excluding tert-OH is 1. The second-order valence-corrected chi connectivity index (χ2v) is 10.5. The third-order valence-electron chi connectivity index (χ3n) is 7.96. The Morgan fingerprint density at radius 3 is 2.60 bits per heavy atom. The van der Waals surface area contributed by atoms with Gasteiger partial charge in [-0.25, -0.2) is 18.3 Å². The molecule has 0 radical (unpaired) electrons. The van der Waals surface area contributed by atoms with Crippen LogP contribution in [0.15, 0.2) is 60.9 Å². The van der Waals surface area contributed by atoms with E-state index >= 15 is 0 Å². The van der Waals surface area contributed by atoms with Gasteiger partial charge in [0.2, 0.25) is 5.91 Å². The number of hydrogen-bond acceptors (Lipinski definition) is 7. The summed E-state index contributed by atoms with van der Waals surface area (Å²) in [6, 6.07) is 12.1. The summed E-state index contributed by atoms with van der Waals surface area (Å²) in [5.41, 5.74) is 2.51. The Hall–Kier alpha value is -4.42. The van der Waals surface area contributed by atoms with Gasteiger partial charge in [0.15, 0.2) is 5.65 Å². The summed E-state index contributed by atoms with van der Waals surface area (Å²) in [5, 5.41) is 16.3. The lowest BCUT2D eigenvalue weighted by atomic mass is 9.89. The normalized spacial score (nSPS) is 17.9. The van der Waals surface area contributed by atoms with Crippen molar-refractivity contribution in [3.63, 3.8) is 0 Å². The fourth-order valence-corrected chi connectivity index (χ4v) is 5.68. The van der Waals surface area contributed by atoms with Gasteiger partial charge in [-0.2, -0.15) is 5.10 Å². The lowest BCUT2D eigenvalue weighted by Crippen LogP contribution is -2.40. The van der Waals surface area contributed by atoms with Crippen molar-refractivity contribution in [3.8, 4) is 0 Å². The molecule has 2 aliphatic heterocycles. The number of rotatable bonds is 6. The van der Waals surface area contributed by atoms with Gasteiger partial charge in [-0.05, 0) is 60.7 Å². The maximum atomic E-state index is 14.7. The minimum atomic E-state index is -0.592. The van der Waals surface area contributed by atoms with Crippen LogP contribution in [-0.4, -0.2) is 75.9 Å². The molecule has 4 aromatic rings. The average molecular weight is 577 g/mol. The number of benzene rings is 2. The maximum absolute atomic E-state index is 14.7. The van der Waals surface area contributed by atoms with E-state index < -0.39 is 24.3 Å². The van der Waals surface area contributed by atoms with Crippen molar-refractivity contribution in [2.45, 2.75) is 24.8 Å². The SMILES string of the molecule is O=C(Nc1ccc(C2CCN(C(=O)CO)CC2)cc1)c1cnn2ccc(N3CCOCC3c3cc(F)ccc3F)nc12. The molecule has 10 nitrogen and oxygen atoms in total. The van der Waals surface area contributed by atoms with E-state index in [9.17, 15) is 18.4 Å². The highest BCUT2D eigenvalue weighted by molar-refractivity contribution is 6.08. The lowest BCUT2D eigenvalue weighted by Gasteiger charge is -2.36. The number of carbonyl (C=O) groups is 2. The minimum Gasteiger partial charge on any atom is -0.387 e. The summed E-state index contributed by atoms with van der Waals surface area (Å²) in [5.74, 6) is -0.910. The molecule has 2 aliphatic rings. The number of nitrogens with zero attached hydrogens (tertiary/aromatic N) is 5. The zero-order chi connectivity index (χ0) is 29.2. The highest BCUT2D eigenvalue weighted by Gasteiger charge is 2.29. The maximum Gasteiger partial charge on any atom is 0.261 e. The van der Waals surface area contributed by atoms with E-state index in [-0.39, 0.29) is 29.5 Å². The van der Waals surface area contributed by atoms with Crippen LogP contribution in [0.2, 0.25) is 0 Å². The van der Waals surface area contributed by atoms with E-state index in [4.69, 9.17) is 14.8 Å². The fraction of sp³-hybridized carbons (Fsp3) is 0.333. The highest BCUT2D eigenvalue weighted by Crippen LogP contribution is 2.32. The van der Waals surface area contributed by atoms with Gasteiger partial charge < -0.3 is 25.0 Å². The summed E-state index contributed by atoms with van der Waals surface area (Å²) >= 11 is 0. The van der Waals surface area contributed by atoms with Gasteiger partial charge >= 0.3 is 0 Å². The quantitative estimate of drug-likeness (QED) is 0.361. The molecule has 2 saturated heterocycles. The number of nitrogens with one attached hydrogen (secondary N) is 1. The number of piperidine rings is 1. The van der Waals surface area contributed by atoms with Crippen LogP contribution in [0.3, 0.4) is 0 Å². The van der Waals surface area contributed by atoms with E-state index in [1.165, 1.54) is 16.8 Å². The van der Waals surface area contributed by atoms with Gasteiger partial charge in [-0.3, -0.25) is 9.59 Å². The molecule has 2 aromatic carbocycles. The number of aliphatic hydroxyl groups is 1. The molecule has 0 spiro atoms. The van der Waals surface area contributed by atoms with E-state index in [1.807, 2.05) is 29.2 Å². The third kappa shape index (κ3) is 5.55.